The first-order valence-electron chi connectivity index (χ1n) is 4.51. The number of carbonyl (C=O) groups is 1. The highest BCUT2D eigenvalue weighted by Crippen LogP contribution is 1.94. The van der Waals surface area contributed by atoms with Crippen LogP contribution in [0.4, 0.5) is 0 Å². The summed E-state index contributed by atoms with van der Waals surface area (Å²) in [6, 6.07) is 0. The van der Waals surface area contributed by atoms with Crippen LogP contribution in [0.5, 0.6) is 0 Å². The third-order valence-electron chi connectivity index (χ3n) is 1.88. The number of amides is 1. The number of carbonyl (C=O) groups excluding carboxylic acids is 1. The van der Waals surface area contributed by atoms with Gasteiger partial charge in [0.2, 0.25) is 5.91 Å². The summed E-state index contributed by atoms with van der Waals surface area (Å²) in [7, 11) is 0. The Morgan fingerprint density at radius 1 is 1.57 bits per heavy atom. The zero-order valence-corrected chi connectivity index (χ0v) is 8.31. The number of rotatable bonds is 3. The second-order valence-corrected chi connectivity index (χ2v) is 3.22. The van der Waals surface area contributed by atoms with Crippen LogP contribution in [0, 0.1) is 0 Å². The lowest BCUT2D eigenvalue weighted by Gasteiger charge is -2.08. The minimum absolute atomic E-state index is 0.174. The van der Waals surface area contributed by atoms with Gasteiger partial charge in [-0.1, -0.05) is 6.58 Å². The Labute approximate surface area is 83.4 Å². The largest absolute Gasteiger partial charge is 0.398 e. The number of hydrogen-bond donors (Lipinski definition) is 4. The quantitative estimate of drug-likeness (QED) is 0.437. The van der Waals surface area contributed by atoms with Crippen molar-refractivity contribution in [3.63, 3.8) is 0 Å². The molecule has 1 aliphatic rings. The van der Waals surface area contributed by atoms with Crippen LogP contribution in [0.25, 0.3) is 0 Å². The third-order valence-corrected chi connectivity index (χ3v) is 1.88. The summed E-state index contributed by atoms with van der Waals surface area (Å²) in [6.45, 7) is 7.25. The van der Waals surface area contributed by atoms with Crippen molar-refractivity contribution in [2.75, 3.05) is 19.6 Å². The van der Waals surface area contributed by atoms with E-state index in [1.54, 1.807) is 6.92 Å². The Bertz CT molecular complexity index is 275. The van der Waals surface area contributed by atoms with Crippen molar-refractivity contribution >= 4 is 5.91 Å². The van der Waals surface area contributed by atoms with Gasteiger partial charge in [0.15, 0.2) is 0 Å². The van der Waals surface area contributed by atoms with Crippen molar-refractivity contribution in [3.8, 4) is 0 Å². The minimum atomic E-state index is -0.174. The maximum Gasteiger partial charge on any atom is 0.246 e. The van der Waals surface area contributed by atoms with Crippen LogP contribution in [0.1, 0.15) is 6.92 Å². The summed E-state index contributed by atoms with van der Waals surface area (Å²) in [4.78, 5) is 11.1. The molecule has 1 saturated heterocycles. The molecule has 0 bridgehead atoms. The van der Waals surface area contributed by atoms with Crippen molar-refractivity contribution < 1.29 is 4.79 Å². The molecule has 5 heteroatoms. The van der Waals surface area contributed by atoms with E-state index in [0.29, 0.717) is 17.8 Å². The first kappa shape index (κ1) is 10.4. The van der Waals surface area contributed by atoms with Gasteiger partial charge in [-0.05, 0) is 6.92 Å². The van der Waals surface area contributed by atoms with Gasteiger partial charge in [-0.15, -0.1) is 0 Å². The van der Waals surface area contributed by atoms with Crippen LogP contribution in [-0.2, 0) is 4.79 Å². The van der Waals surface area contributed by atoms with Crippen LogP contribution in [0.15, 0.2) is 23.7 Å². The standard InChI is InChI=1S/C9H16N4O/c1-6(2)9(14)13-5-7(10)8-11-3-4-12-8/h11-12H,1,3-5,10H2,2H3,(H,13,14). The molecule has 0 atom stereocenters. The molecule has 0 aliphatic carbocycles. The summed E-state index contributed by atoms with van der Waals surface area (Å²) < 4.78 is 0. The Kier molecular flexibility index (Phi) is 3.39. The van der Waals surface area contributed by atoms with Crippen molar-refractivity contribution in [3.05, 3.63) is 23.7 Å². The molecule has 14 heavy (non-hydrogen) atoms. The van der Waals surface area contributed by atoms with Crippen molar-refractivity contribution in [1.29, 1.82) is 0 Å². The van der Waals surface area contributed by atoms with E-state index in [1.807, 2.05) is 0 Å². The fourth-order valence-electron chi connectivity index (χ4n) is 1.08. The molecular weight excluding hydrogens is 180 g/mol. The van der Waals surface area contributed by atoms with E-state index in [2.05, 4.69) is 22.5 Å². The molecule has 78 valence electrons. The van der Waals surface area contributed by atoms with E-state index in [-0.39, 0.29) is 5.91 Å². The Balaban J connectivity index is 2.41. The average Bonchev–Trinajstić information content (AvgIpc) is 2.66. The molecule has 5 nitrogen and oxygen atoms in total. The van der Waals surface area contributed by atoms with Gasteiger partial charge in [-0.25, -0.2) is 0 Å². The number of nitrogens with two attached hydrogens (primary N) is 1. The van der Waals surface area contributed by atoms with Gasteiger partial charge >= 0.3 is 0 Å². The minimum Gasteiger partial charge on any atom is -0.398 e. The molecule has 0 saturated carbocycles. The molecule has 0 aromatic carbocycles. The van der Waals surface area contributed by atoms with Gasteiger partial charge in [-0.2, -0.15) is 0 Å². The van der Waals surface area contributed by atoms with Crippen molar-refractivity contribution in [2.24, 2.45) is 5.73 Å². The van der Waals surface area contributed by atoms with E-state index in [9.17, 15) is 4.79 Å². The predicted molar refractivity (Wildman–Crippen MR) is 55.0 cm³/mol. The maximum absolute atomic E-state index is 11.1. The van der Waals surface area contributed by atoms with Crippen LogP contribution in [0.3, 0.4) is 0 Å². The zero-order valence-electron chi connectivity index (χ0n) is 8.31. The fourth-order valence-corrected chi connectivity index (χ4v) is 1.08. The van der Waals surface area contributed by atoms with Crippen molar-refractivity contribution in [2.45, 2.75) is 6.92 Å². The van der Waals surface area contributed by atoms with Crippen LogP contribution in [0.2, 0.25) is 0 Å². The zero-order chi connectivity index (χ0) is 10.6. The molecule has 1 aliphatic heterocycles. The van der Waals surface area contributed by atoms with E-state index in [0.717, 1.165) is 18.9 Å². The molecule has 0 aromatic rings. The van der Waals surface area contributed by atoms with E-state index < -0.39 is 0 Å². The summed E-state index contributed by atoms with van der Waals surface area (Å²) in [5.41, 5.74) is 6.83. The lowest BCUT2D eigenvalue weighted by molar-refractivity contribution is -0.117. The topological polar surface area (TPSA) is 79.2 Å². The molecule has 0 radical (unpaired) electrons. The number of nitrogens with one attached hydrogen (secondary N) is 3. The predicted octanol–water partition coefficient (Wildman–Crippen LogP) is -1.00. The van der Waals surface area contributed by atoms with Crippen molar-refractivity contribution in [1.82, 2.24) is 16.0 Å². The van der Waals surface area contributed by atoms with Crippen LogP contribution >= 0.6 is 0 Å². The van der Waals surface area contributed by atoms with Gasteiger partial charge in [0.1, 0.15) is 5.82 Å². The highest BCUT2D eigenvalue weighted by molar-refractivity contribution is 5.92. The van der Waals surface area contributed by atoms with E-state index >= 15 is 0 Å². The molecule has 5 N–H and O–H groups in total. The van der Waals surface area contributed by atoms with Gasteiger partial charge < -0.3 is 21.7 Å². The molecule has 1 fully saturated rings. The first-order chi connectivity index (χ1) is 6.61. The van der Waals surface area contributed by atoms with Gasteiger partial charge in [0, 0.05) is 18.7 Å². The highest BCUT2D eigenvalue weighted by atomic mass is 16.1. The highest BCUT2D eigenvalue weighted by Gasteiger charge is 2.09. The second-order valence-electron chi connectivity index (χ2n) is 3.22. The van der Waals surface area contributed by atoms with Crippen LogP contribution in [-0.4, -0.2) is 25.5 Å². The molecular formula is C9H16N4O. The molecule has 1 heterocycles. The SMILES string of the molecule is C=C(C)C(=O)NCC(N)=C1NCCN1. The maximum atomic E-state index is 11.1. The summed E-state index contributed by atoms with van der Waals surface area (Å²) in [5.74, 6) is 0.638. The Morgan fingerprint density at radius 2 is 2.14 bits per heavy atom. The molecule has 1 amide bonds. The normalized spacial score (nSPS) is 14.2. The van der Waals surface area contributed by atoms with Gasteiger partial charge in [0.25, 0.3) is 0 Å². The van der Waals surface area contributed by atoms with Crippen LogP contribution < -0.4 is 21.7 Å². The summed E-state index contributed by atoms with van der Waals surface area (Å²) in [6.07, 6.45) is 0. The fraction of sp³-hybridized carbons (Fsp3) is 0.444. The lowest BCUT2D eigenvalue weighted by Crippen LogP contribution is -2.31. The smallest absolute Gasteiger partial charge is 0.246 e. The third kappa shape index (κ3) is 2.69. The van der Waals surface area contributed by atoms with E-state index in [1.165, 1.54) is 0 Å². The molecule has 0 aromatic heterocycles. The van der Waals surface area contributed by atoms with Gasteiger partial charge in [0.05, 0.1) is 12.2 Å². The summed E-state index contributed by atoms with van der Waals surface area (Å²) >= 11 is 0. The lowest BCUT2D eigenvalue weighted by atomic mass is 10.3. The Hall–Kier alpha value is -1.65. The molecule has 0 unspecified atom stereocenters. The Morgan fingerprint density at radius 3 is 2.64 bits per heavy atom. The molecule has 1 rings (SSSR count). The summed E-state index contributed by atoms with van der Waals surface area (Å²) in [5, 5.41) is 8.82. The molecule has 0 spiro atoms. The monoisotopic (exact) mass is 196 g/mol. The average molecular weight is 196 g/mol. The van der Waals surface area contributed by atoms with E-state index in [4.69, 9.17) is 5.73 Å². The number of hydrogen-bond acceptors (Lipinski definition) is 4. The van der Waals surface area contributed by atoms with Gasteiger partial charge in [-0.3, -0.25) is 4.79 Å². The second kappa shape index (κ2) is 4.55. The first-order valence-corrected chi connectivity index (χ1v) is 4.51.